The molecule has 2 aromatic carbocycles. The number of hydrogen-bond acceptors (Lipinski definition) is 4. The van der Waals surface area contributed by atoms with Crippen molar-refractivity contribution in [3.05, 3.63) is 50.4 Å². The van der Waals surface area contributed by atoms with Gasteiger partial charge in [0.15, 0.2) is 0 Å². The van der Waals surface area contributed by atoms with Gasteiger partial charge in [0, 0.05) is 10.5 Å². The summed E-state index contributed by atoms with van der Waals surface area (Å²) in [6.07, 6.45) is 0. The van der Waals surface area contributed by atoms with Crippen LogP contribution < -0.4 is 5.32 Å². The average Bonchev–Trinajstić information content (AvgIpc) is 2.93. The second-order valence-electron chi connectivity index (χ2n) is 4.59. The molecule has 0 bridgehead atoms. The standard InChI is InChI=1S/C14H10BrCl2N3S/c1-7(8-2-4-9(15)5-3-8)18-12-10(16)6-11(17)13-14(12)20-21-19-13/h2-7,18H,1H3. The summed E-state index contributed by atoms with van der Waals surface area (Å²) in [5, 5.41) is 4.47. The first kappa shape index (κ1) is 15.0. The molecule has 0 aliphatic rings. The summed E-state index contributed by atoms with van der Waals surface area (Å²) < 4.78 is 9.55. The molecule has 1 N–H and O–H groups in total. The number of rotatable bonds is 3. The van der Waals surface area contributed by atoms with Crippen molar-refractivity contribution in [2.45, 2.75) is 13.0 Å². The smallest absolute Gasteiger partial charge is 0.130 e. The van der Waals surface area contributed by atoms with Gasteiger partial charge in [-0.05, 0) is 30.7 Å². The van der Waals surface area contributed by atoms with E-state index in [2.05, 4.69) is 49.1 Å². The van der Waals surface area contributed by atoms with E-state index in [1.54, 1.807) is 6.07 Å². The number of aromatic nitrogens is 2. The molecule has 0 amide bonds. The summed E-state index contributed by atoms with van der Waals surface area (Å²) in [6.45, 7) is 2.07. The van der Waals surface area contributed by atoms with Crippen LogP contribution in [-0.4, -0.2) is 8.75 Å². The fourth-order valence-electron chi connectivity index (χ4n) is 2.06. The number of nitrogens with zero attached hydrogens (tertiary/aromatic N) is 2. The molecule has 21 heavy (non-hydrogen) atoms. The quantitative estimate of drug-likeness (QED) is 0.589. The van der Waals surface area contributed by atoms with Crippen molar-refractivity contribution in [1.82, 2.24) is 8.75 Å². The van der Waals surface area contributed by atoms with Crippen LogP contribution in [0.5, 0.6) is 0 Å². The summed E-state index contributed by atoms with van der Waals surface area (Å²) in [5.41, 5.74) is 3.30. The first-order chi connectivity index (χ1) is 10.1. The number of halogens is 3. The normalized spacial score (nSPS) is 12.6. The van der Waals surface area contributed by atoms with Crippen LogP contribution in [0.15, 0.2) is 34.8 Å². The third-order valence-corrected chi connectivity index (χ3v) is 4.82. The van der Waals surface area contributed by atoms with Gasteiger partial charge in [-0.25, -0.2) is 0 Å². The van der Waals surface area contributed by atoms with Crippen LogP contribution in [0.2, 0.25) is 10.0 Å². The van der Waals surface area contributed by atoms with Gasteiger partial charge < -0.3 is 5.32 Å². The minimum atomic E-state index is 0.0849. The fourth-order valence-corrected chi connectivity index (χ4v) is 3.49. The molecule has 108 valence electrons. The highest BCUT2D eigenvalue weighted by Gasteiger charge is 2.16. The van der Waals surface area contributed by atoms with E-state index in [4.69, 9.17) is 23.2 Å². The van der Waals surface area contributed by atoms with Crippen molar-refractivity contribution >= 4 is 67.6 Å². The highest BCUT2D eigenvalue weighted by molar-refractivity contribution is 9.10. The first-order valence-corrected chi connectivity index (χ1v) is 8.46. The summed E-state index contributed by atoms with van der Waals surface area (Å²) in [4.78, 5) is 0. The average molecular weight is 403 g/mol. The van der Waals surface area contributed by atoms with E-state index < -0.39 is 0 Å². The second kappa shape index (κ2) is 6.08. The number of nitrogens with one attached hydrogen (secondary N) is 1. The molecule has 0 fully saturated rings. The lowest BCUT2D eigenvalue weighted by Crippen LogP contribution is -2.07. The second-order valence-corrected chi connectivity index (χ2v) is 6.85. The van der Waals surface area contributed by atoms with Crippen LogP contribution in [0.3, 0.4) is 0 Å². The Kier molecular flexibility index (Phi) is 4.36. The number of benzene rings is 2. The third kappa shape index (κ3) is 3.01. The molecule has 0 saturated heterocycles. The van der Waals surface area contributed by atoms with Gasteiger partial charge in [0.05, 0.1) is 27.5 Å². The van der Waals surface area contributed by atoms with E-state index in [-0.39, 0.29) is 6.04 Å². The fraction of sp³-hybridized carbons (Fsp3) is 0.143. The zero-order chi connectivity index (χ0) is 15.0. The van der Waals surface area contributed by atoms with Crippen molar-refractivity contribution in [1.29, 1.82) is 0 Å². The van der Waals surface area contributed by atoms with Gasteiger partial charge in [0.25, 0.3) is 0 Å². The highest BCUT2D eigenvalue weighted by atomic mass is 79.9. The molecule has 3 aromatic rings. The van der Waals surface area contributed by atoms with Crippen molar-refractivity contribution in [3.8, 4) is 0 Å². The topological polar surface area (TPSA) is 37.8 Å². The Bertz CT molecular complexity index is 789. The van der Waals surface area contributed by atoms with E-state index in [1.165, 1.54) is 0 Å². The van der Waals surface area contributed by atoms with Crippen molar-refractivity contribution in [3.63, 3.8) is 0 Å². The van der Waals surface area contributed by atoms with Crippen LogP contribution in [0.1, 0.15) is 18.5 Å². The summed E-state index contributed by atoms with van der Waals surface area (Å²) >= 11 is 17.0. The van der Waals surface area contributed by atoms with Crippen LogP contribution in [0.25, 0.3) is 11.0 Å². The zero-order valence-corrected chi connectivity index (χ0v) is 14.8. The molecule has 0 aliphatic carbocycles. The molecular weight excluding hydrogens is 393 g/mol. The number of hydrogen-bond donors (Lipinski definition) is 1. The van der Waals surface area contributed by atoms with E-state index in [0.29, 0.717) is 21.1 Å². The Morgan fingerprint density at radius 2 is 1.76 bits per heavy atom. The predicted octanol–water partition coefficient (Wildman–Crippen LogP) is 5.93. The lowest BCUT2D eigenvalue weighted by Gasteiger charge is -2.17. The maximum Gasteiger partial charge on any atom is 0.130 e. The Balaban J connectivity index is 1.98. The Labute approximate surface area is 144 Å². The maximum absolute atomic E-state index is 6.30. The summed E-state index contributed by atoms with van der Waals surface area (Å²) in [6, 6.07) is 9.92. The third-order valence-electron chi connectivity index (χ3n) is 3.17. The van der Waals surface area contributed by atoms with E-state index in [9.17, 15) is 0 Å². The molecule has 0 spiro atoms. The summed E-state index contributed by atoms with van der Waals surface area (Å²) in [7, 11) is 0. The molecule has 1 unspecified atom stereocenters. The molecular formula is C14H10BrCl2N3S. The van der Waals surface area contributed by atoms with Gasteiger partial charge in [-0.1, -0.05) is 51.3 Å². The summed E-state index contributed by atoms with van der Waals surface area (Å²) in [5.74, 6) is 0. The molecule has 0 radical (unpaired) electrons. The van der Waals surface area contributed by atoms with Crippen molar-refractivity contribution < 1.29 is 0 Å². The minimum Gasteiger partial charge on any atom is -0.375 e. The lowest BCUT2D eigenvalue weighted by molar-refractivity contribution is 0.886. The minimum absolute atomic E-state index is 0.0849. The number of anilines is 1. The molecule has 1 aromatic heterocycles. The van der Waals surface area contributed by atoms with Gasteiger partial charge >= 0.3 is 0 Å². The predicted molar refractivity (Wildman–Crippen MR) is 93.6 cm³/mol. The molecule has 3 rings (SSSR count). The Morgan fingerprint density at radius 1 is 1.10 bits per heavy atom. The largest absolute Gasteiger partial charge is 0.375 e. The van der Waals surface area contributed by atoms with Gasteiger partial charge in [0.1, 0.15) is 11.0 Å². The van der Waals surface area contributed by atoms with E-state index in [0.717, 1.165) is 27.5 Å². The Hall–Kier alpha value is -0.880. The van der Waals surface area contributed by atoms with Gasteiger partial charge in [-0.3, -0.25) is 0 Å². The SMILES string of the molecule is CC(Nc1c(Cl)cc(Cl)c2nsnc12)c1ccc(Br)cc1. The highest BCUT2D eigenvalue weighted by Crippen LogP contribution is 2.37. The van der Waals surface area contributed by atoms with Crippen LogP contribution in [0.4, 0.5) is 5.69 Å². The van der Waals surface area contributed by atoms with Gasteiger partial charge in [0.2, 0.25) is 0 Å². The monoisotopic (exact) mass is 401 g/mol. The van der Waals surface area contributed by atoms with E-state index >= 15 is 0 Å². The first-order valence-electron chi connectivity index (χ1n) is 6.18. The molecule has 1 atom stereocenters. The van der Waals surface area contributed by atoms with Gasteiger partial charge in [-0.2, -0.15) is 8.75 Å². The van der Waals surface area contributed by atoms with Gasteiger partial charge in [-0.15, -0.1) is 0 Å². The Morgan fingerprint density at radius 3 is 2.48 bits per heavy atom. The lowest BCUT2D eigenvalue weighted by atomic mass is 10.1. The zero-order valence-electron chi connectivity index (χ0n) is 10.9. The molecule has 3 nitrogen and oxygen atoms in total. The van der Waals surface area contributed by atoms with Crippen molar-refractivity contribution in [2.75, 3.05) is 5.32 Å². The molecule has 7 heteroatoms. The number of fused-ring (bicyclic) bond motifs is 1. The van der Waals surface area contributed by atoms with Crippen LogP contribution in [0, 0.1) is 0 Å². The van der Waals surface area contributed by atoms with Crippen LogP contribution in [-0.2, 0) is 0 Å². The van der Waals surface area contributed by atoms with Crippen LogP contribution >= 0.6 is 50.9 Å². The van der Waals surface area contributed by atoms with E-state index in [1.807, 2.05) is 12.1 Å². The molecule has 0 saturated carbocycles. The maximum atomic E-state index is 6.30. The molecule has 0 aliphatic heterocycles. The van der Waals surface area contributed by atoms with Crippen molar-refractivity contribution in [2.24, 2.45) is 0 Å². The molecule has 1 heterocycles.